The van der Waals surface area contributed by atoms with E-state index < -0.39 is 0 Å². The summed E-state index contributed by atoms with van der Waals surface area (Å²) in [7, 11) is 0. The van der Waals surface area contributed by atoms with Crippen LogP contribution in [0, 0.1) is 0 Å². The van der Waals surface area contributed by atoms with Crippen molar-refractivity contribution < 1.29 is 4.79 Å². The minimum atomic E-state index is 0.227. The van der Waals surface area contributed by atoms with E-state index >= 15 is 0 Å². The third-order valence-corrected chi connectivity index (χ3v) is 2.98. The van der Waals surface area contributed by atoms with Crippen LogP contribution in [0.15, 0.2) is 24.5 Å². The number of amides is 1. The molecule has 0 aliphatic heterocycles. The van der Waals surface area contributed by atoms with Gasteiger partial charge in [0.15, 0.2) is 0 Å². The van der Waals surface area contributed by atoms with Gasteiger partial charge in [-0.2, -0.15) is 0 Å². The Balaban J connectivity index is 2.35. The standard InChI is InChI=1S/C15H25N3O/c1-4-18(12-14-7-10-16-11-8-14)15(19)6-5-9-17-13(2)3/h7-8,10-11,13,17H,4-6,9,12H2,1-3H3. The lowest BCUT2D eigenvalue weighted by Crippen LogP contribution is -2.31. The lowest BCUT2D eigenvalue weighted by Gasteiger charge is -2.21. The van der Waals surface area contributed by atoms with Gasteiger partial charge >= 0.3 is 0 Å². The van der Waals surface area contributed by atoms with Crippen LogP contribution in [-0.2, 0) is 11.3 Å². The fourth-order valence-corrected chi connectivity index (χ4v) is 1.87. The molecule has 1 aromatic rings. The van der Waals surface area contributed by atoms with Gasteiger partial charge in [0, 0.05) is 37.9 Å². The fraction of sp³-hybridized carbons (Fsp3) is 0.600. The van der Waals surface area contributed by atoms with E-state index in [0.717, 1.165) is 25.1 Å². The highest BCUT2D eigenvalue weighted by Gasteiger charge is 2.11. The molecule has 0 saturated heterocycles. The van der Waals surface area contributed by atoms with E-state index in [9.17, 15) is 4.79 Å². The van der Waals surface area contributed by atoms with Crippen LogP contribution < -0.4 is 5.32 Å². The summed E-state index contributed by atoms with van der Waals surface area (Å²) in [5.41, 5.74) is 1.13. The number of rotatable bonds is 8. The Morgan fingerprint density at radius 2 is 2.05 bits per heavy atom. The zero-order valence-electron chi connectivity index (χ0n) is 12.2. The van der Waals surface area contributed by atoms with E-state index in [-0.39, 0.29) is 5.91 Å². The molecule has 0 unspecified atom stereocenters. The first-order valence-corrected chi connectivity index (χ1v) is 7.03. The molecule has 1 aromatic heterocycles. The molecule has 0 fully saturated rings. The van der Waals surface area contributed by atoms with Crippen LogP contribution in [0.25, 0.3) is 0 Å². The average Bonchev–Trinajstić information content (AvgIpc) is 2.41. The van der Waals surface area contributed by atoms with Crippen molar-refractivity contribution >= 4 is 5.91 Å². The second-order valence-electron chi connectivity index (χ2n) is 4.98. The van der Waals surface area contributed by atoms with Gasteiger partial charge in [0.1, 0.15) is 0 Å². The maximum Gasteiger partial charge on any atom is 0.222 e. The van der Waals surface area contributed by atoms with Crippen molar-refractivity contribution in [2.45, 2.75) is 46.2 Å². The highest BCUT2D eigenvalue weighted by atomic mass is 16.2. The van der Waals surface area contributed by atoms with Crippen LogP contribution in [0.3, 0.4) is 0 Å². The molecular formula is C15H25N3O. The first kappa shape index (κ1) is 15.6. The van der Waals surface area contributed by atoms with Gasteiger partial charge in [-0.3, -0.25) is 9.78 Å². The Morgan fingerprint density at radius 3 is 2.63 bits per heavy atom. The maximum absolute atomic E-state index is 12.1. The van der Waals surface area contributed by atoms with Crippen LogP contribution in [0.2, 0.25) is 0 Å². The Labute approximate surface area is 116 Å². The van der Waals surface area contributed by atoms with Gasteiger partial charge in [-0.05, 0) is 37.6 Å². The number of carbonyl (C=O) groups excluding carboxylic acids is 1. The maximum atomic E-state index is 12.1. The van der Waals surface area contributed by atoms with Crippen molar-refractivity contribution in [3.8, 4) is 0 Å². The van der Waals surface area contributed by atoms with Gasteiger partial charge in [0.25, 0.3) is 0 Å². The van der Waals surface area contributed by atoms with Crippen molar-refractivity contribution in [3.63, 3.8) is 0 Å². The third-order valence-electron chi connectivity index (χ3n) is 2.98. The Hall–Kier alpha value is -1.42. The number of nitrogens with zero attached hydrogens (tertiary/aromatic N) is 2. The number of aromatic nitrogens is 1. The Morgan fingerprint density at radius 1 is 1.37 bits per heavy atom. The summed E-state index contributed by atoms with van der Waals surface area (Å²) in [6.45, 7) is 8.57. The normalized spacial score (nSPS) is 10.7. The molecule has 19 heavy (non-hydrogen) atoms. The predicted octanol–water partition coefficient (Wildman–Crippen LogP) is 2.21. The molecule has 4 heteroatoms. The highest BCUT2D eigenvalue weighted by molar-refractivity contribution is 5.76. The van der Waals surface area contributed by atoms with Crippen LogP contribution in [0.4, 0.5) is 0 Å². The first-order valence-electron chi connectivity index (χ1n) is 7.03. The van der Waals surface area contributed by atoms with Crippen molar-refractivity contribution in [2.24, 2.45) is 0 Å². The summed E-state index contributed by atoms with van der Waals surface area (Å²) in [5, 5.41) is 3.33. The SMILES string of the molecule is CCN(Cc1ccncc1)C(=O)CCCNC(C)C. The van der Waals surface area contributed by atoms with Crippen LogP contribution in [0.5, 0.6) is 0 Å². The third kappa shape index (κ3) is 6.34. The molecular weight excluding hydrogens is 238 g/mol. The van der Waals surface area contributed by atoms with Gasteiger partial charge in [-0.25, -0.2) is 0 Å². The van der Waals surface area contributed by atoms with Crippen molar-refractivity contribution in [1.82, 2.24) is 15.2 Å². The number of pyridine rings is 1. The average molecular weight is 263 g/mol. The van der Waals surface area contributed by atoms with Gasteiger partial charge in [0.05, 0.1) is 0 Å². The quantitative estimate of drug-likeness (QED) is 0.731. The van der Waals surface area contributed by atoms with E-state index in [1.807, 2.05) is 24.0 Å². The van der Waals surface area contributed by atoms with Gasteiger partial charge < -0.3 is 10.2 Å². The summed E-state index contributed by atoms with van der Waals surface area (Å²) >= 11 is 0. The predicted molar refractivity (Wildman–Crippen MR) is 77.7 cm³/mol. The largest absolute Gasteiger partial charge is 0.339 e. The van der Waals surface area contributed by atoms with Gasteiger partial charge in [-0.1, -0.05) is 13.8 Å². The lowest BCUT2D eigenvalue weighted by atomic mass is 10.2. The number of nitrogens with one attached hydrogen (secondary N) is 1. The molecule has 1 heterocycles. The molecule has 0 spiro atoms. The van der Waals surface area contributed by atoms with Crippen LogP contribution in [0.1, 0.15) is 39.2 Å². The first-order chi connectivity index (χ1) is 9.13. The number of hydrogen-bond acceptors (Lipinski definition) is 3. The van der Waals surface area contributed by atoms with E-state index in [0.29, 0.717) is 19.0 Å². The van der Waals surface area contributed by atoms with E-state index in [1.165, 1.54) is 0 Å². The Bertz CT molecular complexity index is 365. The zero-order chi connectivity index (χ0) is 14.1. The highest BCUT2D eigenvalue weighted by Crippen LogP contribution is 2.06. The van der Waals surface area contributed by atoms with E-state index in [2.05, 4.69) is 24.1 Å². The smallest absolute Gasteiger partial charge is 0.222 e. The van der Waals surface area contributed by atoms with Crippen molar-refractivity contribution in [1.29, 1.82) is 0 Å². The number of carbonyl (C=O) groups is 1. The van der Waals surface area contributed by atoms with Gasteiger partial charge in [-0.15, -0.1) is 0 Å². The fourth-order valence-electron chi connectivity index (χ4n) is 1.87. The molecule has 0 atom stereocenters. The summed E-state index contributed by atoms with van der Waals surface area (Å²) < 4.78 is 0. The summed E-state index contributed by atoms with van der Waals surface area (Å²) in [4.78, 5) is 18.0. The van der Waals surface area contributed by atoms with Gasteiger partial charge in [0.2, 0.25) is 5.91 Å². The lowest BCUT2D eigenvalue weighted by molar-refractivity contribution is -0.131. The molecule has 0 aromatic carbocycles. The molecule has 0 saturated carbocycles. The second-order valence-corrected chi connectivity index (χ2v) is 4.98. The monoisotopic (exact) mass is 263 g/mol. The van der Waals surface area contributed by atoms with Crippen molar-refractivity contribution in [2.75, 3.05) is 13.1 Å². The van der Waals surface area contributed by atoms with Crippen molar-refractivity contribution in [3.05, 3.63) is 30.1 Å². The molecule has 1 amide bonds. The molecule has 1 N–H and O–H groups in total. The molecule has 0 radical (unpaired) electrons. The molecule has 106 valence electrons. The molecule has 0 aliphatic carbocycles. The van der Waals surface area contributed by atoms with Crippen LogP contribution in [-0.4, -0.2) is 34.9 Å². The topological polar surface area (TPSA) is 45.2 Å². The van der Waals surface area contributed by atoms with Crippen LogP contribution >= 0.6 is 0 Å². The summed E-state index contributed by atoms with van der Waals surface area (Å²) in [6, 6.07) is 4.39. The summed E-state index contributed by atoms with van der Waals surface area (Å²) in [5.74, 6) is 0.227. The number of hydrogen-bond donors (Lipinski definition) is 1. The summed E-state index contributed by atoms with van der Waals surface area (Å²) in [6.07, 6.45) is 5.03. The van der Waals surface area contributed by atoms with E-state index in [4.69, 9.17) is 0 Å². The molecule has 0 aliphatic rings. The molecule has 0 bridgehead atoms. The Kier molecular flexibility index (Phi) is 7.11. The minimum absolute atomic E-state index is 0.227. The zero-order valence-corrected chi connectivity index (χ0v) is 12.2. The second kappa shape index (κ2) is 8.64. The van der Waals surface area contributed by atoms with E-state index in [1.54, 1.807) is 12.4 Å². The molecule has 1 rings (SSSR count). The molecule has 4 nitrogen and oxygen atoms in total. The minimum Gasteiger partial charge on any atom is -0.339 e.